The summed E-state index contributed by atoms with van der Waals surface area (Å²) >= 11 is 5.97. The monoisotopic (exact) mass is 170 g/mol. The third-order valence-electron chi connectivity index (χ3n) is 0.607. The lowest BCUT2D eigenvalue weighted by Crippen LogP contribution is -2.08. The van der Waals surface area contributed by atoms with E-state index in [0.29, 0.717) is 0 Å². The van der Waals surface area contributed by atoms with E-state index < -0.39 is 5.97 Å². The molecule has 0 heterocycles. The molecule has 0 saturated carbocycles. The molecule has 48 valence electrons. The molecule has 0 bridgehead atoms. The van der Waals surface area contributed by atoms with Crippen LogP contribution in [0.1, 0.15) is 6.92 Å². The molecular formula is C3H7O2PS2. The number of rotatable bonds is 3. The van der Waals surface area contributed by atoms with E-state index in [1.54, 1.807) is 6.92 Å². The van der Waals surface area contributed by atoms with Gasteiger partial charge in [-0.3, -0.25) is 4.79 Å². The summed E-state index contributed by atoms with van der Waals surface area (Å²) in [5.41, 5.74) is 0. The Labute approximate surface area is 58.2 Å². The maximum Gasteiger partial charge on any atom is 0.316 e. The standard InChI is InChI=1S/C3H7O2PS2/c1-2(3(4)5)8-6-7/h2H,6H2,1H3,(H,4,5). The topological polar surface area (TPSA) is 37.3 Å². The molecule has 5 heteroatoms. The van der Waals surface area contributed by atoms with Crippen LogP contribution in [0.3, 0.4) is 0 Å². The number of hydrogen-bond donors (Lipinski definition) is 1. The van der Waals surface area contributed by atoms with Gasteiger partial charge in [0.2, 0.25) is 0 Å². The summed E-state index contributed by atoms with van der Waals surface area (Å²) in [5.74, 6) is -0.771. The van der Waals surface area contributed by atoms with E-state index in [2.05, 4.69) is 11.8 Å². The first-order valence-corrected chi connectivity index (χ1v) is 6.24. The summed E-state index contributed by atoms with van der Waals surface area (Å²) in [4.78, 5) is 10.0. The maximum atomic E-state index is 10.0. The summed E-state index contributed by atoms with van der Waals surface area (Å²) in [6, 6.07) is 0. The third-order valence-corrected chi connectivity index (χ3v) is 3.89. The highest BCUT2D eigenvalue weighted by Gasteiger charge is 2.07. The minimum atomic E-state index is -0.771. The molecule has 0 spiro atoms. The smallest absolute Gasteiger partial charge is 0.316 e. The first kappa shape index (κ1) is 8.47. The number of carboxylic acids is 1. The minimum absolute atomic E-state index is 0.154. The second kappa shape index (κ2) is 4.36. The molecule has 0 rings (SSSR count). The molecule has 2 unspecified atom stereocenters. The fourth-order valence-corrected chi connectivity index (χ4v) is 2.77. The van der Waals surface area contributed by atoms with Gasteiger partial charge in [-0.15, -0.1) is 11.4 Å². The van der Waals surface area contributed by atoms with Crippen molar-refractivity contribution in [3.8, 4) is 0 Å². The van der Waals surface area contributed by atoms with Gasteiger partial charge in [-0.1, -0.05) is 11.8 Å². The van der Waals surface area contributed by atoms with Crippen LogP contribution in [0.15, 0.2) is 0 Å². The van der Waals surface area contributed by atoms with E-state index in [4.69, 9.17) is 5.11 Å². The highest BCUT2D eigenvalue weighted by molar-refractivity contribution is 8.58. The van der Waals surface area contributed by atoms with Crippen LogP contribution in [-0.4, -0.2) is 16.3 Å². The molecule has 0 aromatic heterocycles. The maximum absolute atomic E-state index is 10.0. The second-order valence-corrected chi connectivity index (χ2v) is 5.51. The average Bonchev–Trinajstić information content (AvgIpc) is 1.67. The van der Waals surface area contributed by atoms with Gasteiger partial charge in [0, 0.05) is 0 Å². The Balaban J connectivity index is 3.46. The molecule has 0 amide bonds. The van der Waals surface area contributed by atoms with Crippen molar-refractivity contribution < 1.29 is 9.90 Å². The van der Waals surface area contributed by atoms with Crippen molar-refractivity contribution in [2.45, 2.75) is 12.2 Å². The zero-order valence-electron chi connectivity index (χ0n) is 4.33. The highest BCUT2D eigenvalue weighted by Crippen LogP contribution is 2.23. The Morgan fingerprint density at radius 1 is 2.00 bits per heavy atom. The molecular weight excluding hydrogens is 163 g/mol. The molecule has 0 aromatic rings. The fraction of sp³-hybridized carbons (Fsp3) is 0.667. The number of carbonyl (C=O) groups is 1. The fourth-order valence-electron chi connectivity index (χ4n) is 0.142. The zero-order chi connectivity index (χ0) is 6.57. The molecule has 0 aliphatic rings. The molecule has 0 aromatic carbocycles. The van der Waals surface area contributed by atoms with Gasteiger partial charge in [-0.05, 0) is 13.5 Å². The van der Waals surface area contributed by atoms with Crippen molar-refractivity contribution in [3.63, 3.8) is 0 Å². The van der Waals surface area contributed by atoms with Gasteiger partial charge in [0.1, 0.15) is 5.25 Å². The molecule has 0 aliphatic heterocycles. The van der Waals surface area contributed by atoms with Gasteiger partial charge < -0.3 is 5.11 Å². The first-order chi connectivity index (χ1) is 3.68. The van der Waals surface area contributed by atoms with Crippen LogP contribution in [0, 0.1) is 0 Å². The van der Waals surface area contributed by atoms with Gasteiger partial charge >= 0.3 is 5.97 Å². The SMILES string of the molecule is CC(S[PH2]=S)C(=O)O. The lowest BCUT2D eigenvalue weighted by molar-refractivity contribution is -0.136. The van der Waals surface area contributed by atoms with Crippen molar-refractivity contribution >= 4 is 35.7 Å². The van der Waals surface area contributed by atoms with Crippen LogP contribution < -0.4 is 0 Å². The quantitative estimate of drug-likeness (QED) is 0.641. The lowest BCUT2D eigenvalue weighted by Gasteiger charge is -1.97. The minimum Gasteiger partial charge on any atom is -0.480 e. The van der Waals surface area contributed by atoms with E-state index in [0.717, 1.165) is 0 Å². The van der Waals surface area contributed by atoms with Gasteiger partial charge in [-0.2, -0.15) is 0 Å². The van der Waals surface area contributed by atoms with E-state index in [-0.39, 0.29) is 11.8 Å². The molecule has 1 N–H and O–H groups in total. The predicted molar refractivity (Wildman–Crippen MR) is 41.8 cm³/mol. The van der Waals surface area contributed by atoms with E-state index in [1.807, 2.05) is 0 Å². The van der Waals surface area contributed by atoms with Crippen LogP contribution in [0.2, 0.25) is 0 Å². The van der Waals surface area contributed by atoms with Crippen molar-refractivity contribution in [2.75, 3.05) is 0 Å². The van der Waals surface area contributed by atoms with Crippen LogP contribution >= 0.6 is 17.9 Å². The summed E-state index contributed by atoms with van der Waals surface area (Å²) in [7, 11) is 0. The highest BCUT2D eigenvalue weighted by atomic mass is 32.9. The molecule has 0 fully saturated rings. The van der Waals surface area contributed by atoms with Gasteiger partial charge in [0.15, 0.2) is 0 Å². The summed E-state index contributed by atoms with van der Waals surface area (Å²) < 4.78 is 0. The molecule has 0 radical (unpaired) electrons. The average molecular weight is 170 g/mol. The Morgan fingerprint density at radius 2 is 2.50 bits per heavy atom. The Bertz CT molecular complexity index is 105. The van der Waals surface area contributed by atoms with Crippen LogP contribution in [0.25, 0.3) is 0 Å². The van der Waals surface area contributed by atoms with Crippen molar-refractivity contribution in [1.82, 2.24) is 0 Å². The van der Waals surface area contributed by atoms with Gasteiger partial charge in [-0.25, -0.2) is 0 Å². The largest absolute Gasteiger partial charge is 0.480 e. The molecule has 2 nitrogen and oxygen atoms in total. The van der Waals surface area contributed by atoms with E-state index in [9.17, 15) is 4.79 Å². The van der Waals surface area contributed by atoms with Crippen LogP contribution in [0.4, 0.5) is 0 Å². The number of carboxylic acid groups (broad SMARTS) is 1. The van der Waals surface area contributed by atoms with E-state index >= 15 is 0 Å². The Morgan fingerprint density at radius 3 is 2.62 bits per heavy atom. The zero-order valence-corrected chi connectivity index (χ0v) is 7.11. The first-order valence-electron chi connectivity index (χ1n) is 2.00. The number of aliphatic carboxylic acids is 1. The number of hydrogen-bond acceptors (Lipinski definition) is 3. The molecule has 8 heavy (non-hydrogen) atoms. The Hall–Kier alpha value is 0.470. The van der Waals surface area contributed by atoms with Crippen LogP contribution in [-0.2, 0) is 16.6 Å². The van der Waals surface area contributed by atoms with E-state index in [1.165, 1.54) is 11.4 Å². The van der Waals surface area contributed by atoms with Crippen molar-refractivity contribution in [2.24, 2.45) is 0 Å². The summed E-state index contributed by atoms with van der Waals surface area (Å²) in [6.45, 7) is 1.49. The third kappa shape index (κ3) is 3.47. The van der Waals surface area contributed by atoms with Crippen molar-refractivity contribution in [1.29, 1.82) is 0 Å². The van der Waals surface area contributed by atoms with Crippen molar-refractivity contribution in [3.05, 3.63) is 0 Å². The van der Waals surface area contributed by atoms with Gasteiger partial charge in [0.25, 0.3) is 0 Å². The summed E-state index contributed by atoms with van der Waals surface area (Å²) in [5, 5.41) is 7.94. The second-order valence-electron chi connectivity index (χ2n) is 1.21. The lowest BCUT2D eigenvalue weighted by atomic mass is 10.5. The normalized spacial score (nSPS) is 14.6. The molecule has 2 atom stereocenters. The Kier molecular flexibility index (Phi) is 4.61. The predicted octanol–water partition coefficient (Wildman–Crippen LogP) is 0.980. The molecule has 0 saturated heterocycles. The van der Waals surface area contributed by atoms with Crippen LogP contribution in [0.5, 0.6) is 0 Å². The van der Waals surface area contributed by atoms with Gasteiger partial charge in [0.05, 0.1) is 0 Å². The summed E-state index contributed by atoms with van der Waals surface area (Å²) in [6.07, 6.45) is 0. The molecule has 0 aliphatic carbocycles.